The van der Waals surface area contributed by atoms with E-state index < -0.39 is 0 Å². The molecule has 0 radical (unpaired) electrons. The van der Waals surface area contributed by atoms with Gasteiger partial charge in [0.15, 0.2) is 22.9 Å². The van der Waals surface area contributed by atoms with Gasteiger partial charge in [-0.1, -0.05) is 30.3 Å². The van der Waals surface area contributed by atoms with Crippen molar-refractivity contribution in [2.24, 2.45) is 0 Å². The molecule has 0 N–H and O–H groups in total. The lowest BCUT2D eigenvalue weighted by Gasteiger charge is -2.17. The van der Waals surface area contributed by atoms with Gasteiger partial charge in [0, 0.05) is 35.7 Å². The molecule has 0 saturated carbocycles. The average Bonchev–Trinajstić information content (AvgIpc) is 3.42. The second-order valence-corrected chi connectivity index (χ2v) is 8.07. The number of methoxy groups -OCH3 is 2. The first-order valence-corrected chi connectivity index (χ1v) is 10.9. The number of ether oxygens (including phenoxy) is 2. The zero-order chi connectivity index (χ0) is 23.4. The first-order valence-electron chi connectivity index (χ1n) is 10.9. The Morgan fingerprint density at radius 1 is 0.882 bits per heavy atom. The summed E-state index contributed by atoms with van der Waals surface area (Å²) in [5.74, 6) is 1.37. The standard InChI is InChI=1S/C26H20N4O4/c1-33-18-11-10-17-21-23(15-7-3-4-8-16(15)24(21)31)30(26(32)22(17)25(18)34-2)14-12-20-28-27-19-9-5-6-13-29(19)20/h3-11,13H,12,14H2,1-2H3. The Balaban J connectivity index is 1.62. The monoisotopic (exact) mass is 452 g/mol. The van der Waals surface area contributed by atoms with Crippen molar-refractivity contribution in [1.29, 1.82) is 0 Å². The molecule has 0 spiro atoms. The third-order valence-corrected chi connectivity index (χ3v) is 6.38. The van der Waals surface area contributed by atoms with Crippen LogP contribution < -0.4 is 15.0 Å². The van der Waals surface area contributed by atoms with Gasteiger partial charge in [0.2, 0.25) is 0 Å². The molecule has 34 heavy (non-hydrogen) atoms. The molecule has 1 aliphatic rings. The van der Waals surface area contributed by atoms with Gasteiger partial charge in [-0.3, -0.25) is 14.0 Å². The maximum Gasteiger partial charge on any atom is 0.262 e. The Bertz CT molecular complexity index is 1680. The molecule has 0 aliphatic heterocycles. The molecule has 1 aliphatic carbocycles. The topological polar surface area (TPSA) is 87.7 Å². The lowest BCUT2D eigenvalue weighted by Crippen LogP contribution is -2.25. The largest absolute Gasteiger partial charge is 0.493 e. The molecule has 6 rings (SSSR count). The minimum atomic E-state index is -0.247. The summed E-state index contributed by atoms with van der Waals surface area (Å²) in [6.07, 6.45) is 2.34. The highest BCUT2D eigenvalue weighted by Crippen LogP contribution is 2.43. The van der Waals surface area contributed by atoms with Crippen molar-refractivity contribution < 1.29 is 14.3 Å². The van der Waals surface area contributed by atoms with Gasteiger partial charge in [0.25, 0.3) is 5.56 Å². The lowest BCUT2D eigenvalue weighted by molar-refractivity contribution is 0.104. The van der Waals surface area contributed by atoms with E-state index in [4.69, 9.17) is 9.47 Å². The van der Waals surface area contributed by atoms with Crippen molar-refractivity contribution in [2.45, 2.75) is 13.0 Å². The van der Waals surface area contributed by atoms with Gasteiger partial charge in [-0.15, -0.1) is 10.2 Å². The van der Waals surface area contributed by atoms with Crippen LogP contribution in [0.4, 0.5) is 0 Å². The fraction of sp³-hybridized carbons (Fsp3) is 0.154. The number of hydrogen-bond acceptors (Lipinski definition) is 6. The Labute approximate surface area is 194 Å². The second-order valence-electron chi connectivity index (χ2n) is 8.07. The molecule has 2 aromatic carbocycles. The summed E-state index contributed by atoms with van der Waals surface area (Å²) in [5.41, 5.74) is 2.95. The molecule has 3 heterocycles. The SMILES string of the molecule is COc1ccc2c3c(n(CCc4nnc5ccccn45)c(=O)c2c1OC)-c1ccccc1C3=O. The van der Waals surface area contributed by atoms with Crippen LogP contribution in [0.25, 0.3) is 27.7 Å². The maximum atomic E-state index is 13.9. The molecule has 5 aromatic rings. The minimum absolute atomic E-state index is 0.107. The van der Waals surface area contributed by atoms with Crippen molar-refractivity contribution in [1.82, 2.24) is 19.2 Å². The molecule has 168 valence electrons. The van der Waals surface area contributed by atoms with Crippen LogP contribution >= 0.6 is 0 Å². The molecule has 0 fully saturated rings. The number of ketones is 1. The van der Waals surface area contributed by atoms with Gasteiger partial charge in [-0.05, 0) is 24.3 Å². The maximum absolute atomic E-state index is 13.9. The Morgan fingerprint density at radius 2 is 1.68 bits per heavy atom. The third-order valence-electron chi connectivity index (χ3n) is 6.38. The number of pyridine rings is 2. The third kappa shape index (κ3) is 2.71. The lowest BCUT2D eigenvalue weighted by atomic mass is 10.0. The van der Waals surface area contributed by atoms with Gasteiger partial charge in [0.05, 0.1) is 30.9 Å². The molecule has 8 heteroatoms. The summed E-state index contributed by atoms with van der Waals surface area (Å²) >= 11 is 0. The Hall–Kier alpha value is -4.46. The van der Waals surface area contributed by atoms with E-state index in [0.29, 0.717) is 52.1 Å². The van der Waals surface area contributed by atoms with Gasteiger partial charge in [-0.25, -0.2) is 0 Å². The predicted octanol–water partition coefficient (Wildman–Crippen LogP) is 3.52. The summed E-state index contributed by atoms with van der Waals surface area (Å²) < 4.78 is 14.6. The second kappa shape index (κ2) is 7.55. The number of rotatable bonds is 5. The van der Waals surface area contributed by atoms with E-state index in [2.05, 4.69) is 10.2 Å². The quantitative estimate of drug-likeness (QED) is 0.398. The van der Waals surface area contributed by atoms with E-state index in [-0.39, 0.29) is 11.3 Å². The molecule has 0 atom stereocenters. The first-order chi connectivity index (χ1) is 16.6. The summed E-state index contributed by atoms with van der Waals surface area (Å²) in [5, 5.41) is 9.40. The average molecular weight is 452 g/mol. The number of benzene rings is 2. The van der Waals surface area contributed by atoms with Gasteiger partial charge in [0.1, 0.15) is 5.82 Å². The molecule has 0 saturated heterocycles. The molecular weight excluding hydrogens is 432 g/mol. The van der Waals surface area contributed by atoms with Gasteiger partial charge < -0.3 is 14.0 Å². The van der Waals surface area contributed by atoms with Gasteiger partial charge >= 0.3 is 0 Å². The van der Waals surface area contributed by atoms with Crippen molar-refractivity contribution in [3.05, 3.63) is 88.1 Å². The number of aromatic nitrogens is 4. The number of hydrogen-bond donors (Lipinski definition) is 0. The van der Waals surface area contributed by atoms with E-state index in [1.54, 1.807) is 22.8 Å². The first kappa shape index (κ1) is 20.2. The normalized spacial score (nSPS) is 12.2. The highest BCUT2D eigenvalue weighted by Gasteiger charge is 2.33. The van der Waals surface area contributed by atoms with Gasteiger partial charge in [-0.2, -0.15) is 0 Å². The summed E-state index contributed by atoms with van der Waals surface area (Å²) in [6, 6.07) is 16.6. The predicted molar refractivity (Wildman–Crippen MR) is 127 cm³/mol. The minimum Gasteiger partial charge on any atom is -0.493 e. The van der Waals surface area contributed by atoms with Crippen molar-refractivity contribution in [2.75, 3.05) is 14.2 Å². The smallest absolute Gasteiger partial charge is 0.262 e. The molecule has 0 unspecified atom stereocenters. The van der Waals surface area contributed by atoms with Crippen LogP contribution in [-0.4, -0.2) is 39.2 Å². The van der Waals surface area contributed by atoms with Crippen LogP contribution in [0.2, 0.25) is 0 Å². The van der Waals surface area contributed by atoms with Crippen LogP contribution in [0.1, 0.15) is 21.7 Å². The number of fused-ring (bicyclic) bond motifs is 6. The van der Waals surface area contributed by atoms with E-state index >= 15 is 0 Å². The van der Waals surface area contributed by atoms with Crippen LogP contribution in [-0.2, 0) is 13.0 Å². The van der Waals surface area contributed by atoms with Crippen LogP contribution in [0.5, 0.6) is 11.5 Å². The van der Waals surface area contributed by atoms with Crippen molar-refractivity contribution in [3.63, 3.8) is 0 Å². The zero-order valence-electron chi connectivity index (χ0n) is 18.6. The van der Waals surface area contributed by atoms with Crippen LogP contribution in [0.3, 0.4) is 0 Å². The van der Waals surface area contributed by atoms with Crippen LogP contribution in [0.15, 0.2) is 65.6 Å². The zero-order valence-corrected chi connectivity index (χ0v) is 18.6. The summed E-state index contributed by atoms with van der Waals surface area (Å²) in [6.45, 7) is 0.314. The number of aryl methyl sites for hydroxylation is 1. The van der Waals surface area contributed by atoms with Crippen molar-refractivity contribution in [3.8, 4) is 22.8 Å². The number of carbonyl (C=O) groups excluding carboxylic acids is 1. The van der Waals surface area contributed by atoms with E-state index in [0.717, 1.165) is 17.0 Å². The number of carbonyl (C=O) groups is 1. The molecule has 0 bridgehead atoms. The van der Waals surface area contributed by atoms with E-state index in [9.17, 15) is 9.59 Å². The number of nitrogens with zero attached hydrogens (tertiary/aromatic N) is 4. The molecule has 8 nitrogen and oxygen atoms in total. The Morgan fingerprint density at radius 3 is 2.47 bits per heavy atom. The fourth-order valence-electron chi connectivity index (χ4n) is 4.87. The van der Waals surface area contributed by atoms with Crippen molar-refractivity contribution >= 4 is 22.2 Å². The molecule has 0 amide bonds. The molecule has 3 aromatic heterocycles. The molecular formula is C26H20N4O4. The summed E-state index contributed by atoms with van der Waals surface area (Å²) in [7, 11) is 3.01. The van der Waals surface area contributed by atoms with E-state index in [1.807, 2.05) is 47.0 Å². The fourth-order valence-corrected chi connectivity index (χ4v) is 4.87. The highest BCUT2D eigenvalue weighted by atomic mass is 16.5. The highest BCUT2D eigenvalue weighted by molar-refractivity contribution is 6.27. The summed E-state index contributed by atoms with van der Waals surface area (Å²) in [4.78, 5) is 27.5. The Kier molecular flexibility index (Phi) is 4.48. The van der Waals surface area contributed by atoms with E-state index in [1.165, 1.54) is 14.2 Å². The van der Waals surface area contributed by atoms with Crippen LogP contribution in [0, 0.1) is 0 Å².